The van der Waals surface area contributed by atoms with Crippen molar-refractivity contribution >= 4 is 17.7 Å². The number of likely N-dealkylation sites (tertiary alicyclic amines) is 1. The van der Waals surface area contributed by atoms with Crippen LogP contribution in [0.5, 0.6) is 0 Å². The Morgan fingerprint density at radius 1 is 1.69 bits per heavy atom. The number of hydrogen-bond donors (Lipinski definition) is 1. The maximum absolute atomic E-state index is 11.6. The summed E-state index contributed by atoms with van der Waals surface area (Å²) in [5.41, 5.74) is 0. The van der Waals surface area contributed by atoms with Gasteiger partial charge in [0.05, 0.1) is 6.04 Å². The van der Waals surface area contributed by atoms with Crippen LogP contribution in [0.25, 0.3) is 0 Å². The van der Waals surface area contributed by atoms with E-state index in [2.05, 4.69) is 10.2 Å². The molecule has 1 aliphatic rings. The average Bonchev–Trinajstić information content (AvgIpc) is 2.52. The summed E-state index contributed by atoms with van der Waals surface area (Å²) in [5, 5.41) is 2.95. The quantitative estimate of drug-likeness (QED) is 0.676. The van der Waals surface area contributed by atoms with Crippen LogP contribution in [0.1, 0.15) is 12.8 Å². The van der Waals surface area contributed by atoms with Gasteiger partial charge in [0.1, 0.15) is 0 Å². The molecule has 4 heteroatoms. The standard InChI is InChI=1S/C9H18N2OS/c1-11-6-3-4-8(11)9(12)10-5-7-13-2/h8H,3-7H2,1-2H3,(H,10,12). The van der Waals surface area contributed by atoms with Crippen molar-refractivity contribution in [3.63, 3.8) is 0 Å². The third-order valence-corrected chi connectivity index (χ3v) is 3.04. The zero-order valence-corrected chi connectivity index (χ0v) is 9.19. The lowest BCUT2D eigenvalue weighted by Gasteiger charge is -2.18. The highest BCUT2D eigenvalue weighted by Gasteiger charge is 2.26. The topological polar surface area (TPSA) is 32.3 Å². The largest absolute Gasteiger partial charge is 0.354 e. The molecule has 0 saturated carbocycles. The second kappa shape index (κ2) is 5.50. The van der Waals surface area contributed by atoms with Crippen LogP contribution in [0.3, 0.4) is 0 Å². The number of amides is 1. The fraction of sp³-hybridized carbons (Fsp3) is 0.889. The number of likely N-dealkylation sites (N-methyl/N-ethyl adjacent to an activating group) is 1. The summed E-state index contributed by atoms with van der Waals surface area (Å²) >= 11 is 1.76. The van der Waals surface area contributed by atoms with Gasteiger partial charge in [0.25, 0.3) is 0 Å². The number of carbonyl (C=O) groups is 1. The molecule has 13 heavy (non-hydrogen) atoms. The van der Waals surface area contributed by atoms with E-state index < -0.39 is 0 Å². The summed E-state index contributed by atoms with van der Waals surface area (Å²) < 4.78 is 0. The molecule has 1 rings (SSSR count). The van der Waals surface area contributed by atoms with Crippen LogP contribution in [0, 0.1) is 0 Å². The molecule has 1 atom stereocenters. The monoisotopic (exact) mass is 202 g/mol. The summed E-state index contributed by atoms with van der Waals surface area (Å²) in [7, 11) is 2.02. The lowest BCUT2D eigenvalue weighted by atomic mass is 10.2. The molecular formula is C9H18N2OS. The average molecular weight is 202 g/mol. The van der Waals surface area contributed by atoms with Gasteiger partial charge in [-0.15, -0.1) is 0 Å². The molecule has 1 saturated heterocycles. The second-order valence-electron chi connectivity index (χ2n) is 3.42. The normalized spacial score (nSPS) is 23.4. The van der Waals surface area contributed by atoms with Crippen LogP contribution in [0.4, 0.5) is 0 Å². The minimum absolute atomic E-state index is 0.127. The summed E-state index contributed by atoms with van der Waals surface area (Å²) in [4.78, 5) is 13.7. The highest BCUT2D eigenvalue weighted by Crippen LogP contribution is 2.14. The third-order valence-electron chi connectivity index (χ3n) is 2.43. The molecule has 0 aromatic carbocycles. The Labute approximate surface area is 84.2 Å². The predicted molar refractivity (Wildman–Crippen MR) is 57.0 cm³/mol. The van der Waals surface area contributed by atoms with Crippen molar-refractivity contribution < 1.29 is 4.79 Å². The van der Waals surface area contributed by atoms with Gasteiger partial charge < -0.3 is 5.32 Å². The SMILES string of the molecule is CSCCNC(=O)C1CCCN1C. The van der Waals surface area contributed by atoms with Crippen molar-refractivity contribution in [3.05, 3.63) is 0 Å². The van der Waals surface area contributed by atoms with E-state index in [1.807, 2.05) is 13.3 Å². The van der Waals surface area contributed by atoms with Crippen molar-refractivity contribution in [1.29, 1.82) is 0 Å². The molecule has 0 bridgehead atoms. The van der Waals surface area contributed by atoms with Crippen molar-refractivity contribution in [2.45, 2.75) is 18.9 Å². The summed E-state index contributed by atoms with van der Waals surface area (Å²) in [6.45, 7) is 1.85. The first-order chi connectivity index (χ1) is 6.25. The third kappa shape index (κ3) is 3.19. The zero-order valence-electron chi connectivity index (χ0n) is 8.38. The first-order valence-electron chi connectivity index (χ1n) is 4.72. The number of rotatable bonds is 4. The van der Waals surface area contributed by atoms with Crippen molar-refractivity contribution in [3.8, 4) is 0 Å². The molecule has 1 aliphatic heterocycles. The maximum Gasteiger partial charge on any atom is 0.237 e. The van der Waals surface area contributed by atoms with Crippen LogP contribution >= 0.6 is 11.8 Å². The molecule has 1 heterocycles. The Balaban J connectivity index is 2.22. The van der Waals surface area contributed by atoms with Gasteiger partial charge in [-0.25, -0.2) is 0 Å². The van der Waals surface area contributed by atoms with Crippen molar-refractivity contribution in [2.75, 3.05) is 32.1 Å². The molecule has 1 amide bonds. The Morgan fingerprint density at radius 2 is 2.46 bits per heavy atom. The van der Waals surface area contributed by atoms with Gasteiger partial charge in [-0.3, -0.25) is 9.69 Å². The summed E-state index contributed by atoms with van der Waals surface area (Å²) in [6, 6.07) is 0.127. The molecular weight excluding hydrogens is 184 g/mol. The van der Waals surface area contributed by atoms with E-state index in [-0.39, 0.29) is 11.9 Å². The first-order valence-corrected chi connectivity index (χ1v) is 6.12. The molecule has 3 nitrogen and oxygen atoms in total. The van der Waals surface area contributed by atoms with Gasteiger partial charge in [0.15, 0.2) is 0 Å². The van der Waals surface area contributed by atoms with E-state index in [9.17, 15) is 4.79 Å². The summed E-state index contributed by atoms with van der Waals surface area (Å²) in [6.07, 6.45) is 4.21. The number of nitrogens with zero attached hydrogens (tertiary/aromatic N) is 1. The number of carbonyl (C=O) groups excluding carboxylic acids is 1. The Morgan fingerprint density at radius 3 is 3.00 bits per heavy atom. The molecule has 0 aliphatic carbocycles. The molecule has 1 unspecified atom stereocenters. The molecule has 0 radical (unpaired) electrons. The van der Waals surface area contributed by atoms with Crippen LogP contribution in [0.15, 0.2) is 0 Å². The Bertz CT molecular complexity index is 175. The lowest BCUT2D eigenvalue weighted by Crippen LogP contribution is -2.42. The van der Waals surface area contributed by atoms with Crippen molar-refractivity contribution in [2.24, 2.45) is 0 Å². The van der Waals surface area contributed by atoms with Crippen LogP contribution in [-0.4, -0.2) is 49.0 Å². The van der Waals surface area contributed by atoms with E-state index in [1.54, 1.807) is 11.8 Å². The van der Waals surface area contributed by atoms with Crippen LogP contribution in [0.2, 0.25) is 0 Å². The Hall–Kier alpha value is -0.220. The van der Waals surface area contributed by atoms with Gasteiger partial charge in [-0.2, -0.15) is 11.8 Å². The van der Waals surface area contributed by atoms with Gasteiger partial charge in [-0.1, -0.05) is 0 Å². The van der Waals surface area contributed by atoms with Gasteiger partial charge >= 0.3 is 0 Å². The number of thioether (sulfide) groups is 1. The van der Waals surface area contributed by atoms with Gasteiger partial charge in [0.2, 0.25) is 5.91 Å². The van der Waals surface area contributed by atoms with Crippen LogP contribution < -0.4 is 5.32 Å². The van der Waals surface area contributed by atoms with Gasteiger partial charge in [-0.05, 0) is 32.7 Å². The fourth-order valence-corrected chi connectivity index (χ4v) is 1.94. The van der Waals surface area contributed by atoms with E-state index in [0.717, 1.165) is 31.7 Å². The van der Waals surface area contributed by atoms with Crippen LogP contribution in [-0.2, 0) is 4.79 Å². The minimum Gasteiger partial charge on any atom is -0.354 e. The van der Waals surface area contributed by atoms with E-state index in [0.29, 0.717) is 0 Å². The first kappa shape index (κ1) is 10.9. The second-order valence-corrected chi connectivity index (χ2v) is 4.41. The molecule has 1 N–H and O–H groups in total. The minimum atomic E-state index is 0.127. The number of nitrogens with one attached hydrogen (secondary N) is 1. The van der Waals surface area contributed by atoms with Crippen molar-refractivity contribution in [1.82, 2.24) is 10.2 Å². The highest BCUT2D eigenvalue weighted by atomic mass is 32.2. The fourth-order valence-electron chi connectivity index (χ4n) is 1.64. The highest BCUT2D eigenvalue weighted by molar-refractivity contribution is 7.98. The van der Waals surface area contributed by atoms with E-state index in [1.165, 1.54) is 0 Å². The van der Waals surface area contributed by atoms with E-state index >= 15 is 0 Å². The smallest absolute Gasteiger partial charge is 0.237 e. The maximum atomic E-state index is 11.6. The molecule has 0 spiro atoms. The molecule has 0 aromatic heterocycles. The van der Waals surface area contributed by atoms with Gasteiger partial charge in [0, 0.05) is 12.3 Å². The molecule has 76 valence electrons. The molecule has 1 fully saturated rings. The lowest BCUT2D eigenvalue weighted by molar-refractivity contribution is -0.124. The predicted octanol–water partition coefficient (Wildman–Crippen LogP) is 0.560. The number of hydrogen-bond acceptors (Lipinski definition) is 3. The zero-order chi connectivity index (χ0) is 9.68. The summed E-state index contributed by atoms with van der Waals surface area (Å²) in [5.74, 6) is 1.20. The molecule has 0 aromatic rings. The Kier molecular flexibility index (Phi) is 4.59. The van der Waals surface area contributed by atoms with E-state index in [4.69, 9.17) is 0 Å².